The van der Waals surface area contributed by atoms with Crippen molar-refractivity contribution in [1.29, 1.82) is 0 Å². The van der Waals surface area contributed by atoms with Crippen LogP contribution in [0.15, 0.2) is 107 Å². The Labute approximate surface area is 323 Å². The molecular weight excluding hydrogens is 821 g/mol. The first-order chi connectivity index (χ1) is 24.2. The van der Waals surface area contributed by atoms with Crippen molar-refractivity contribution < 1.29 is 34.4 Å². The molecule has 0 spiro atoms. The molecule has 0 aliphatic heterocycles. The third-order valence-corrected chi connectivity index (χ3v) is 10.3. The molecule has 0 atom stereocenters. The van der Waals surface area contributed by atoms with Crippen LogP contribution in [0.4, 0.5) is 0 Å². The average Bonchev–Trinajstić information content (AvgIpc) is 3.73. The Morgan fingerprint density at radius 2 is 1.37 bits per heavy atom. The molecule has 0 aliphatic carbocycles. The van der Waals surface area contributed by atoms with Crippen LogP contribution in [0.2, 0.25) is 0 Å². The number of fused-ring (bicyclic) bond motifs is 2. The Kier molecular flexibility index (Phi) is 12.9. The first-order valence-corrected chi connectivity index (χ1v) is 18.3. The van der Waals surface area contributed by atoms with Crippen LogP contribution in [0, 0.1) is 17.1 Å². The summed E-state index contributed by atoms with van der Waals surface area (Å²) in [4.78, 5) is 17.0. The molecule has 0 unspecified atom stereocenters. The Hall–Kier alpha value is -4.25. The van der Waals surface area contributed by atoms with E-state index >= 15 is 0 Å². The molecule has 0 fully saturated rings. The number of aliphatic hydroxyl groups excluding tert-OH is 1. The third-order valence-electron chi connectivity index (χ3n) is 10.3. The van der Waals surface area contributed by atoms with E-state index in [1.807, 2.05) is 65.8 Å². The van der Waals surface area contributed by atoms with Crippen LogP contribution in [0.1, 0.15) is 105 Å². The number of para-hydroxylation sites is 3. The van der Waals surface area contributed by atoms with E-state index in [0.717, 1.165) is 46.2 Å². The van der Waals surface area contributed by atoms with Crippen molar-refractivity contribution in [2.24, 2.45) is 10.8 Å². The second-order valence-electron chi connectivity index (χ2n) is 15.4. The van der Waals surface area contributed by atoms with Gasteiger partial charge < -0.3 is 14.1 Å². The number of imidazole rings is 1. The van der Waals surface area contributed by atoms with E-state index in [9.17, 15) is 9.90 Å². The number of benzene rings is 4. The maximum atomic E-state index is 11.8. The minimum atomic E-state index is -0.377. The fourth-order valence-electron chi connectivity index (χ4n) is 6.00. The minimum absolute atomic E-state index is 0. The smallest absolute Gasteiger partial charge is 0.164 e. The summed E-state index contributed by atoms with van der Waals surface area (Å²) < 4.78 is 8.18. The van der Waals surface area contributed by atoms with Crippen molar-refractivity contribution in [3.8, 4) is 28.2 Å². The molecule has 52 heavy (non-hydrogen) atoms. The van der Waals surface area contributed by atoms with Gasteiger partial charge in [0.05, 0.1) is 16.9 Å². The van der Waals surface area contributed by atoms with Gasteiger partial charge in [-0.25, -0.2) is 0 Å². The Morgan fingerprint density at radius 1 is 0.808 bits per heavy atom. The third kappa shape index (κ3) is 8.35. The molecule has 0 bridgehead atoms. The van der Waals surface area contributed by atoms with Gasteiger partial charge in [0.1, 0.15) is 5.76 Å². The molecular formula is C46H53IrN2O3-. The van der Waals surface area contributed by atoms with E-state index in [4.69, 9.17) is 9.40 Å². The van der Waals surface area contributed by atoms with Crippen molar-refractivity contribution >= 4 is 27.8 Å². The first kappa shape index (κ1) is 40.5. The summed E-state index contributed by atoms with van der Waals surface area (Å²) in [6.45, 7) is 20.7. The van der Waals surface area contributed by atoms with E-state index < -0.39 is 0 Å². The molecule has 0 amide bonds. The van der Waals surface area contributed by atoms with E-state index in [2.05, 4.69) is 105 Å². The molecule has 2 heterocycles. The van der Waals surface area contributed by atoms with E-state index in [1.54, 1.807) is 0 Å². The topological polar surface area (TPSA) is 68.3 Å². The van der Waals surface area contributed by atoms with E-state index in [-0.39, 0.29) is 42.5 Å². The molecule has 1 radical (unpaired) electrons. The van der Waals surface area contributed by atoms with E-state index in [1.165, 1.54) is 34.0 Å². The summed E-state index contributed by atoms with van der Waals surface area (Å²) >= 11 is 0. The normalized spacial score (nSPS) is 12.3. The van der Waals surface area contributed by atoms with Gasteiger partial charge >= 0.3 is 0 Å². The molecule has 4 aromatic carbocycles. The Balaban J connectivity index is 0.000000323. The van der Waals surface area contributed by atoms with Gasteiger partial charge in [0, 0.05) is 54.5 Å². The second-order valence-corrected chi connectivity index (χ2v) is 15.4. The van der Waals surface area contributed by atoms with Crippen LogP contribution in [-0.2, 0) is 24.9 Å². The SMILES string of the molecule is CC(C)c1cc(-c2ccccc2)cc(C(C)C)c1-n1c(-c2[c-]oc3ccccc23)nc2ccccc21.CCC(C)(C)C(=O)/C=C(\O)C(C)(C)CC.[Ir]. The number of hydrogen-bond acceptors (Lipinski definition) is 4. The number of nitrogens with zero attached hydrogens (tertiary/aromatic N) is 2. The molecule has 6 aromatic rings. The van der Waals surface area contributed by atoms with Crippen molar-refractivity contribution in [3.63, 3.8) is 0 Å². The summed E-state index contributed by atoms with van der Waals surface area (Å²) in [7, 11) is 0. The number of ketones is 1. The Bertz CT molecular complexity index is 2140. The summed E-state index contributed by atoms with van der Waals surface area (Å²) in [5.41, 5.74) is 9.37. The number of hydrogen-bond donors (Lipinski definition) is 1. The standard InChI is InChI=1S/C33H29N2O.C13H24O2.Ir/c1-21(2)26-18-24(23-12-6-5-7-13-23)19-27(22(3)4)32(26)35-30-16-10-9-15-29(30)34-33(35)28-20-36-31-17-11-8-14-25(28)31;1-7-12(3,4)10(14)9-11(15)13(5,6)8-2;/h5-19,21-22H,1-4H3;9,14H,7-8H2,1-6H3;/q-1;;/b;10-9-;. The minimum Gasteiger partial charge on any atom is -0.557 e. The molecule has 0 aliphatic rings. The Morgan fingerprint density at radius 3 is 1.96 bits per heavy atom. The average molecular weight is 874 g/mol. The zero-order valence-corrected chi connectivity index (χ0v) is 34.7. The molecule has 5 nitrogen and oxygen atoms in total. The zero-order valence-electron chi connectivity index (χ0n) is 32.3. The fraction of sp³-hybridized carbons (Fsp3) is 0.348. The van der Waals surface area contributed by atoms with Crippen LogP contribution in [0.25, 0.3) is 50.2 Å². The van der Waals surface area contributed by atoms with Crippen molar-refractivity contribution in [3.05, 3.63) is 120 Å². The fourth-order valence-corrected chi connectivity index (χ4v) is 6.00. The van der Waals surface area contributed by atoms with Crippen LogP contribution < -0.4 is 0 Å². The van der Waals surface area contributed by atoms with Crippen LogP contribution in [-0.4, -0.2) is 20.4 Å². The number of allylic oxidation sites excluding steroid dienone is 2. The number of furan rings is 1. The van der Waals surface area contributed by atoms with Gasteiger partial charge in [0.2, 0.25) is 0 Å². The van der Waals surface area contributed by atoms with E-state index in [0.29, 0.717) is 11.8 Å². The van der Waals surface area contributed by atoms with Crippen molar-refractivity contribution in [2.75, 3.05) is 0 Å². The molecule has 0 saturated carbocycles. The molecule has 2 aromatic heterocycles. The van der Waals surface area contributed by atoms with Gasteiger partial charge in [-0.2, -0.15) is 0 Å². The van der Waals surface area contributed by atoms with Gasteiger partial charge in [-0.15, -0.1) is 6.07 Å². The van der Waals surface area contributed by atoms with Crippen molar-refractivity contribution in [2.45, 2.75) is 93.9 Å². The predicted octanol–water partition coefficient (Wildman–Crippen LogP) is 13.0. The summed E-state index contributed by atoms with van der Waals surface area (Å²) in [6.07, 6.45) is 6.17. The van der Waals surface area contributed by atoms with Crippen LogP contribution >= 0.6 is 0 Å². The van der Waals surface area contributed by atoms with Crippen molar-refractivity contribution in [1.82, 2.24) is 9.55 Å². The molecule has 275 valence electrons. The van der Waals surface area contributed by atoms with Gasteiger partial charge in [-0.05, 0) is 71.2 Å². The number of carbonyl (C=O) groups is 1. The predicted molar refractivity (Wildman–Crippen MR) is 213 cm³/mol. The zero-order chi connectivity index (χ0) is 37.1. The largest absolute Gasteiger partial charge is 0.557 e. The maximum Gasteiger partial charge on any atom is 0.164 e. The van der Waals surface area contributed by atoms with Gasteiger partial charge in [-0.3, -0.25) is 9.78 Å². The number of rotatable bonds is 10. The summed E-state index contributed by atoms with van der Waals surface area (Å²) in [5.74, 6) is 1.69. The van der Waals surface area contributed by atoms with Gasteiger partial charge in [-0.1, -0.05) is 141 Å². The first-order valence-electron chi connectivity index (χ1n) is 18.3. The van der Waals surface area contributed by atoms with Crippen LogP contribution in [0.3, 0.4) is 0 Å². The molecule has 6 rings (SSSR count). The van der Waals surface area contributed by atoms with Gasteiger partial charge in [0.15, 0.2) is 5.78 Å². The monoisotopic (exact) mass is 874 g/mol. The number of aromatic nitrogens is 2. The van der Waals surface area contributed by atoms with Gasteiger partial charge in [0.25, 0.3) is 0 Å². The summed E-state index contributed by atoms with van der Waals surface area (Å²) in [6, 6.07) is 31.8. The molecule has 1 N–H and O–H groups in total. The second kappa shape index (κ2) is 16.6. The summed E-state index contributed by atoms with van der Waals surface area (Å²) in [5, 5.41) is 10.9. The number of aliphatic hydroxyl groups is 1. The maximum absolute atomic E-state index is 11.8. The number of carbonyl (C=O) groups excluding carboxylic acids is 1. The molecule has 0 saturated heterocycles. The van der Waals surface area contributed by atoms with Crippen LogP contribution in [0.5, 0.6) is 0 Å². The molecule has 6 heteroatoms. The quantitative estimate of drug-likeness (QED) is 0.0846.